The van der Waals surface area contributed by atoms with Crippen molar-refractivity contribution in [2.75, 3.05) is 6.54 Å². The molecule has 0 bridgehead atoms. The summed E-state index contributed by atoms with van der Waals surface area (Å²) in [5.41, 5.74) is 6.18. The predicted octanol–water partition coefficient (Wildman–Crippen LogP) is 2.52. The number of hydrogen-bond acceptors (Lipinski definition) is 3. The molecule has 5 heteroatoms. The largest absolute Gasteiger partial charge is 0.392 e. The average molecular weight is 293 g/mol. The summed E-state index contributed by atoms with van der Waals surface area (Å²) in [6.45, 7) is 7.07. The molecule has 1 aromatic rings. The van der Waals surface area contributed by atoms with Crippen molar-refractivity contribution < 1.29 is 4.79 Å². The SMILES string of the molecule is CCN(Cc1ccncc1)C(=O)C(CC)(CC)C(N)=S. The van der Waals surface area contributed by atoms with Gasteiger partial charge < -0.3 is 10.6 Å². The van der Waals surface area contributed by atoms with Gasteiger partial charge in [0.15, 0.2) is 0 Å². The lowest BCUT2D eigenvalue weighted by molar-refractivity contribution is -0.139. The molecule has 0 aliphatic rings. The van der Waals surface area contributed by atoms with Gasteiger partial charge in [-0.1, -0.05) is 26.1 Å². The van der Waals surface area contributed by atoms with Crippen molar-refractivity contribution in [1.29, 1.82) is 0 Å². The molecule has 0 saturated carbocycles. The van der Waals surface area contributed by atoms with Gasteiger partial charge in [-0.3, -0.25) is 9.78 Å². The van der Waals surface area contributed by atoms with Gasteiger partial charge in [0.25, 0.3) is 0 Å². The van der Waals surface area contributed by atoms with Gasteiger partial charge in [0, 0.05) is 25.5 Å². The van der Waals surface area contributed by atoms with Gasteiger partial charge in [-0.15, -0.1) is 0 Å². The molecule has 0 unspecified atom stereocenters. The van der Waals surface area contributed by atoms with Crippen LogP contribution in [0.5, 0.6) is 0 Å². The first-order chi connectivity index (χ1) is 9.51. The average Bonchev–Trinajstić information content (AvgIpc) is 2.47. The van der Waals surface area contributed by atoms with Crippen molar-refractivity contribution in [3.8, 4) is 0 Å². The fraction of sp³-hybridized carbons (Fsp3) is 0.533. The molecule has 2 N–H and O–H groups in total. The van der Waals surface area contributed by atoms with Crippen molar-refractivity contribution in [2.45, 2.75) is 40.2 Å². The number of thiocarbonyl (C=S) groups is 1. The van der Waals surface area contributed by atoms with Crippen molar-refractivity contribution in [3.63, 3.8) is 0 Å². The van der Waals surface area contributed by atoms with Crippen LogP contribution in [0.25, 0.3) is 0 Å². The van der Waals surface area contributed by atoms with Crippen LogP contribution in [0.1, 0.15) is 39.2 Å². The summed E-state index contributed by atoms with van der Waals surface area (Å²) in [5, 5.41) is 0. The summed E-state index contributed by atoms with van der Waals surface area (Å²) in [6, 6.07) is 3.83. The number of rotatable bonds is 7. The van der Waals surface area contributed by atoms with Gasteiger partial charge in [-0.25, -0.2) is 0 Å². The molecule has 110 valence electrons. The van der Waals surface area contributed by atoms with Gasteiger partial charge in [-0.05, 0) is 37.5 Å². The number of pyridine rings is 1. The zero-order valence-corrected chi connectivity index (χ0v) is 13.2. The molecule has 0 spiro atoms. The van der Waals surface area contributed by atoms with Crippen molar-refractivity contribution in [3.05, 3.63) is 30.1 Å². The van der Waals surface area contributed by atoms with E-state index in [1.807, 2.05) is 37.8 Å². The second-order valence-corrected chi connectivity index (χ2v) is 5.27. The summed E-state index contributed by atoms with van der Waals surface area (Å²) in [4.78, 5) is 18.9. The first kappa shape index (κ1) is 16.6. The van der Waals surface area contributed by atoms with E-state index in [2.05, 4.69) is 4.98 Å². The minimum Gasteiger partial charge on any atom is -0.392 e. The zero-order valence-electron chi connectivity index (χ0n) is 12.4. The Bertz CT molecular complexity index is 457. The maximum Gasteiger partial charge on any atom is 0.235 e. The van der Waals surface area contributed by atoms with E-state index in [9.17, 15) is 4.79 Å². The molecule has 0 aromatic carbocycles. The lowest BCUT2D eigenvalue weighted by Crippen LogP contribution is -2.49. The van der Waals surface area contributed by atoms with Crippen LogP contribution in [0, 0.1) is 5.41 Å². The Kier molecular flexibility index (Phi) is 6.07. The van der Waals surface area contributed by atoms with Crippen LogP contribution in [-0.2, 0) is 11.3 Å². The standard InChI is InChI=1S/C15H23N3OS/c1-4-15(5-2,13(16)20)14(19)18(6-3)11-12-7-9-17-10-8-12/h7-10H,4-6,11H2,1-3H3,(H2,16,20). The molecule has 1 rings (SSSR count). The molecular formula is C15H23N3OS. The first-order valence-corrected chi connectivity index (χ1v) is 7.40. The quantitative estimate of drug-likeness (QED) is 0.785. The van der Waals surface area contributed by atoms with Crippen LogP contribution in [0.15, 0.2) is 24.5 Å². The molecule has 20 heavy (non-hydrogen) atoms. The van der Waals surface area contributed by atoms with E-state index >= 15 is 0 Å². The summed E-state index contributed by atoms with van der Waals surface area (Å²) >= 11 is 5.16. The maximum absolute atomic E-state index is 12.8. The van der Waals surface area contributed by atoms with Crippen LogP contribution >= 0.6 is 12.2 Å². The monoisotopic (exact) mass is 293 g/mol. The Labute approximate surface area is 126 Å². The summed E-state index contributed by atoms with van der Waals surface area (Å²) in [7, 11) is 0. The van der Waals surface area contributed by atoms with E-state index in [1.54, 1.807) is 12.4 Å². The fourth-order valence-corrected chi connectivity index (χ4v) is 2.72. The Morgan fingerprint density at radius 2 is 1.85 bits per heavy atom. The fourth-order valence-electron chi connectivity index (χ4n) is 2.34. The number of carbonyl (C=O) groups excluding carboxylic acids is 1. The molecule has 0 aliphatic heterocycles. The van der Waals surface area contributed by atoms with Crippen LogP contribution in [0.3, 0.4) is 0 Å². The van der Waals surface area contributed by atoms with E-state index in [-0.39, 0.29) is 5.91 Å². The maximum atomic E-state index is 12.8. The second-order valence-electron chi connectivity index (χ2n) is 4.83. The van der Waals surface area contributed by atoms with Crippen LogP contribution in [0.4, 0.5) is 0 Å². The number of hydrogen-bond donors (Lipinski definition) is 1. The Morgan fingerprint density at radius 3 is 2.25 bits per heavy atom. The van der Waals surface area contributed by atoms with E-state index < -0.39 is 5.41 Å². The molecule has 1 amide bonds. The minimum atomic E-state index is -0.724. The highest BCUT2D eigenvalue weighted by atomic mass is 32.1. The number of nitrogens with two attached hydrogens (primary N) is 1. The second kappa shape index (κ2) is 7.33. The Hall–Kier alpha value is -1.49. The first-order valence-electron chi connectivity index (χ1n) is 7.00. The molecule has 0 atom stereocenters. The molecule has 1 heterocycles. The summed E-state index contributed by atoms with van der Waals surface area (Å²) in [5.74, 6) is 0.0225. The van der Waals surface area contributed by atoms with E-state index in [4.69, 9.17) is 18.0 Å². The van der Waals surface area contributed by atoms with Crippen molar-refractivity contribution in [1.82, 2.24) is 9.88 Å². The predicted molar refractivity (Wildman–Crippen MR) is 85.1 cm³/mol. The minimum absolute atomic E-state index is 0.0225. The molecule has 0 radical (unpaired) electrons. The Balaban J connectivity index is 2.99. The smallest absolute Gasteiger partial charge is 0.235 e. The van der Waals surface area contributed by atoms with Gasteiger partial charge in [0.1, 0.15) is 0 Å². The topological polar surface area (TPSA) is 59.2 Å². The number of amides is 1. The molecule has 0 fully saturated rings. The third-order valence-corrected chi connectivity index (χ3v) is 4.27. The van der Waals surface area contributed by atoms with Gasteiger partial charge in [0.05, 0.1) is 10.4 Å². The highest BCUT2D eigenvalue weighted by Gasteiger charge is 2.40. The van der Waals surface area contributed by atoms with Gasteiger partial charge in [-0.2, -0.15) is 0 Å². The summed E-state index contributed by atoms with van der Waals surface area (Å²) < 4.78 is 0. The molecular weight excluding hydrogens is 270 g/mol. The van der Waals surface area contributed by atoms with Crippen LogP contribution < -0.4 is 5.73 Å². The van der Waals surface area contributed by atoms with Crippen LogP contribution in [0.2, 0.25) is 0 Å². The van der Waals surface area contributed by atoms with Crippen LogP contribution in [-0.4, -0.2) is 27.3 Å². The van der Waals surface area contributed by atoms with E-state index in [0.717, 1.165) is 5.56 Å². The number of carbonyl (C=O) groups is 1. The molecule has 1 aromatic heterocycles. The lowest BCUT2D eigenvalue weighted by Gasteiger charge is -2.35. The van der Waals surface area contributed by atoms with Gasteiger partial charge in [0.2, 0.25) is 5.91 Å². The third-order valence-electron chi connectivity index (χ3n) is 3.88. The zero-order chi connectivity index (χ0) is 15.2. The van der Waals surface area contributed by atoms with Crippen molar-refractivity contribution in [2.24, 2.45) is 11.1 Å². The summed E-state index contributed by atoms with van der Waals surface area (Å²) in [6.07, 6.45) is 4.72. The van der Waals surface area contributed by atoms with Crippen molar-refractivity contribution >= 4 is 23.1 Å². The third kappa shape index (κ3) is 3.33. The molecule has 0 aliphatic carbocycles. The lowest BCUT2D eigenvalue weighted by atomic mass is 9.80. The van der Waals surface area contributed by atoms with E-state index in [0.29, 0.717) is 30.9 Å². The number of aromatic nitrogens is 1. The van der Waals surface area contributed by atoms with Gasteiger partial charge >= 0.3 is 0 Å². The van der Waals surface area contributed by atoms with E-state index in [1.165, 1.54) is 0 Å². The molecule has 0 saturated heterocycles. The number of nitrogens with zero attached hydrogens (tertiary/aromatic N) is 2. The normalized spacial score (nSPS) is 11.2. The molecule has 4 nitrogen and oxygen atoms in total. The Morgan fingerprint density at radius 1 is 1.30 bits per heavy atom. The highest BCUT2D eigenvalue weighted by Crippen LogP contribution is 2.30. The highest BCUT2D eigenvalue weighted by molar-refractivity contribution is 7.80.